The first-order chi connectivity index (χ1) is 14.2. The van der Waals surface area contributed by atoms with E-state index in [0.29, 0.717) is 5.56 Å². The van der Waals surface area contributed by atoms with Crippen molar-refractivity contribution in [2.24, 2.45) is 29.4 Å². The molecule has 0 saturated heterocycles. The highest BCUT2D eigenvalue weighted by molar-refractivity contribution is 5.93. The smallest absolute Gasteiger partial charge is 0.310 e. The standard InChI is InChI=1S/C21H25NO8/c1-11(23)30-16-9-15(20(27)28-2)21(22)7-5-14(19(25)26)13(17(21)18(16)24)4-3-12-6-8-29-10-12/h3-4,6,8,10,13-17H,5,7,9,22H2,1-2H3,(H,25,26)/b4-3+/t13-,14+,15-,16-,17-,21+/m0/s1. The van der Waals surface area contributed by atoms with Gasteiger partial charge >= 0.3 is 17.9 Å². The van der Waals surface area contributed by atoms with E-state index in [1.165, 1.54) is 26.6 Å². The second kappa shape index (κ2) is 8.43. The Bertz CT molecular complexity index is 860. The molecule has 6 atom stereocenters. The van der Waals surface area contributed by atoms with Crippen LogP contribution in [0.5, 0.6) is 0 Å². The molecule has 2 fully saturated rings. The van der Waals surface area contributed by atoms with Crippen LogP contribution < -0.4 is 5.73 Å². The van der Waals surface area contributed by atoms with E-state index < -0.39 is 59.0 Å². The maximum Gasteiger partial charge on any atom is 0.310 e. The number of fused-ring (bicyclic) bond motifs is 1. The fourth-order valence-electron chi connectivity index (χ4n) is 4.83. The molecule has 0 bridgehead atoms. The van der Waals surface area contributed by atoms with Crippen molar-refractivity contribution >= 4 is 29.8 Å². The molecule has 3 rings (SSSR count). The average molecular weight is 419 g/mol. The summed E-state index contributed by atoms with van der Waals surface area (Å²) in [4.78, 5) is 49.4. The predicted molar refractivity (Wildman–Crippen MR) is 103 cm³/mol. The van der Waals surface area contributed by atoms with E-state index in [9.17, 15) is 24.3 Å². The van der Waals surface area contributed by atoms with Crippen LogP contribution >= 0.6 is 0 Å². The summed E-state index contributed by atoms with van der Waals surface area (Å²) in [6.45, 7) is 1.17. The minimum Gasteiger partial charge on any atom is -0.481 e. The van der Waals surface area contributed by atoms with Crippen LogP contribution in [0.4, 0.5) is 0 Å². The number of ketones is 1. The Morgan fingerprint density at radius 1 is 1.37 bits per heavy atom. The summed E-state index contributed by atoms with van der Waals surface area (Å²) in [5, 5.41) is 9.78. The Morgan fingerprint density at radius 3 is 2.67 bits per heavy atom. The minimum atomic E-state index is -1.31. The summed E-state index contributed by atoms with van der Waals surface area (Å²) >= 11 is 0. The van der Waals surface area contributed by atoms with E-state index in [-0.39, 0.29) is 19.3 Å². The third-order valence-corrected chi connectivity index (χ3v) is 6.20. The highest BCUT2D eigenvalue weighted by atomic mass is 16.5. The fourth-order valence-corrected chi connectivity index (χ4v) is 4.83. The van der Waals surface area contributed by atoms with Crippen molar-refractivity contribution in [3.05, 3.63) is 30.2 Å². The summed E-state index contributed by atoms with van der Waals surface area (Å²) < 4.78 is 15.1. The highest BCUT2D eigenvalue weighted by Gasteiger charge is 2.62. The number of hydrogen-bond acceptors (Lipinski definition) is 8. The number of rotatable bonds is 5. The normalized spacial score (nSPS) is 33.7. The van der Waals surface area contributed by atoms with E-state index in [0.717, 1.165) is 0 Å². The maximum absolute atomic E-state index is 13.3. The van der Waals surface area contributed by atoms with Crippen molar-refractivity contribution in [1.29, 1.82) is 0 Å². The summed E-state index contributed by atoms with van der Waals surface area (Å²) in [5.41, 5.74) is 6.05. The number of Topliss-reactive ketones (excluding diaryl/α,β-unsaturated/α-hetero) is 1. The van der Waals surface area contributed by atoms with Gasteiger partial charge in [-0.3, -0.25) is 19.2 Å². The number of aliphatic carboxylic acids is 1. The molecule has 1 aromatic rings. The number of allylic oxidation sites excluding steroid dienone is 1. The Balaban J connectivity index is 2.07. The zero-order chi connectivity index (χ0) is 22.1. The van der Waals surface area contributed by atoms with Crippen LogP contribution in [0.3, 0.4) is 0 Å². The van der Waals surface area contributed by atoms with Gasteiger partial charge in [0, 0.05) is 36.3 Å². The lowest BCUT2D eigenvalue weighted by atomic mass is 9.53. The van der Waals surface area contributed by atoms with Gasteiger partial charge in [0.2, 0.25) is 0 Å². The lowest BCUT2D eigenvalue weighted by molar-refractivity contribution is -0.174. The van der Waals surface area contributed by atoms with E-state index in [1.807, 2.05) is 0 Å². The molecule has 0 unspecified atom stereocenters. The van der Waals surface area contributed by atoms with Crippen molar-refractivity contribution in [2.45, 2.75) is 37.8 Å². The van der Waals surface area contributed by atoms with Gasteiger partial charge in [-0.25, -0.2) is 0 Å². The summed E-state index contributed by atoms with van der Waals surface area (Å²) in [5.74, 6) is -6.43. The zero-order valence-corrected chi connectivity index (χ0v) is 16.8. The molecule has 2 aliphatic rings. The molecule has 0 radical (unpaired) electrons. The largest absolute Gasteiger partial charge is 0.481 e. The van der Waals surface area contributed by atoms with Crippen LogP contribution in [0.15, 0.2) is 29.1 Å². The predicted octanol–water partition coefficient (Wildman–Crippen LogP) is 1.41. The van der Waals surface area contributed by atoms with Gasteiger partial charge < -0.3 is 24.7 Å². The molecule has 2 aliphatic carbocycles. The first-order valence-corrected chi connectivity index (χ1v) is 9.70. The van der Waals surface area contributed by atoms with Crippen molar-refractivity contribution in [2.75, 3.05) is 7.11 Å². The average Bonchev–Trinajstić information content (AvgIpc) is 3.20. The second-order valence-electron chi connectivity index (χ2n) is 7.88. The lowest BCUT2D eigenvalue weighted by Gasteiger charge is -2.53. The third-order valence-electron chi connectivity index (χ3n) is 6.20. The SMILES string of the molecule is COC(=O)[C@@H]1C[C@H](OC(C)=O)C(=O)[C@@H]2[C@@H](/C=C/c3ccoc3)[C@H](C(=O)O)CC[C@]21N. The number of furan rings is 1. The fraction of sp³-hybridized carbons (Fsp3) is 0.524. The molecule has 0 aliphatic heterocycles. The number of carboxylic acids is 1. The van der Waals surface area contributed by atoms with Gasteiger partial charge in [-0.05, 0) is 18.9 Å². The Morgan fingerprint density at radius 2 is 2.10 bits per heavy atom. The van der Waals surface area contributed by atoms with Crippen LogP contribution in [0.1, 0.15) is 31.7 Å². The van der Waals surface area contributed by atoms with Gasteiger partial charge in [0.1, 0.15) is 0 Å². The number of esters is 2. The molecular weight excluding hydrogens is 394 g/mol. The van der Waals surface area contributed by atoms with Gasteiger partial charge in [-0.15, -0.1) is 0 Å². The number of nitrogens with two attached hydrogens (primary N) is 1. The molecule has 9 nitrogen and oxygen atoms in total. The maximum atomic E-state index is 13.3. The molecule has 0 spiro atoms. The molecular formula is C21H25NO8. The minimum absolute atomic E-state index is 0.0893. The monoisotopic (exact) mass is 419 g/mol. The number of ether oxygens (including phenoxy) is 2. The van der Waals surface area contributed by atoms with Gasteiger partial charge in [0.05, 0.1) is 31.5 Å². The molecule has 1 heterocycles. The Kier molecular flexibility index (Phi) is 6.12. The first kappa shape index (κ1) is 21.8. The summed E-state index contributed by atoms with van der Waals surface area (Å²) in [6.07, 6.45) is 5.30. The first-order valence-electron chi connectivity index (χ1n) is 9.70. The van der Waals surface area contributed by atoms with Gasteiger partial charge in [-0.1, -0.05) is 12.2 Å². The van der Waals surface area contributed by atoms with Crippen LogP contribution in [0.2, 0.25) is 0 Å². The van der Waals surface area contributed by atoms with Crippen LogP contribution in [0, 0.1) is 23.7 Å². The lowest BCUT2D eigenvalue weighted by Crippen LogP contribution is -2.69. The topological polar surface area (TPSA) is 146 Å². The molecule has 0 amide bonds. The van der Waals surface area contributed by atoms with Crippen LogP contribution in [0.25, 0.3) is 6.08 Å². The van der Waals surface area contributed by atoms with E-state index >= 15 is 0 Å². The quantitative estimate of drug-likeness (QED) is 0.676. The summed E-state index contributed by atoms with van der Waals surface area (Å²) in [6, 6.07) is 1.69. The van der Waals surface area contributed by atoms with Crippen LogP contribution in [-0.4, -0.2) is 47.6 Å². The zero-order valence-electron chi connectivity index (χ0n) is 16.8. The second-order valence-corrected chi connectivity index (χ2v) is 7.88. The van der Waals surface area contributed by atoms with Crippen molar-refractivity contribution in [3.63, 3.8) is 0 Å². The Hall–Kier alpha value is -2.94. The molecule has 0 aromatic carbocycles. The van der Waals surface area contributed by atoms with E-state index in [2.05, 4.69) is 0 Å². The Labute approximate surface area is 173 Å². The van der Waals surface area contributed by atoms with E-state index in [4.69, 9.17) is 19.6 Å². The molecule has 30 heavy (non-hydrogen) atoms. The molecule has 162 valence electrons. The van der Waals surface area contributed by atoms with Gasteiger partial charge in [-0.2, -0.15) is 0 Å². The highest BCUT2D eigenvalue weighted by Crippen LogP contribution is 2.50. The van der Waals surface area contributed by atoms with Crippen molar-refractivity contribution in [1.82, 2.24) is 0 Å². The van der Waals surface area contributed by atoms with Crippen LogP contribution in [-0.2, 0) is 28.7 Å². The molecule has 3 N–H and O–H groups in total. The van der Waals surface area contributed by atoms with Gasteiger partial charge in [0.15, 0.2) is 11.9 Å². The number of carbonyl (C=O) groups is 4. The number of methoxy groups -OCH3 is 1. The van der Waals surface area contributed by atoms with Gasteiger partial charge in [0.25, 0.3) is 0 Å². The summed E-state index contributed by atoms with van der Waals surface area (Å²) in [7, 11) is 1.22. The molecule has 9 heteroatoms. The number of hydrogen-bond donors (Lipinski definition) is 2. The third kappa shape index (κ3) is 3.89. The number of carboxylic acid groups (broad SMARTS) is 1. The van der Waals surface area contributed by atoms with E-state index in [1.54, 1.807) is 18.2 Å². The van der Waals surface area contributed by atoms with Crippen molar-refractivity contribution < 1.29 is 38.2 Å². The molecule has 1 aromatic heterocycles. The molecule has 2 saturated carbocycles. The number of carbonyl (C=O) groups excluding carboxylic acids is 3. The van der Waals surface area contributed by atoms with Crippen molar-refractivity contribution in [3.8, 4) is 0 Å².